The van der Waals surface area contributed by atoms with E-state index in [1.54, 1.807) is 0 Å². The number of nitrogen functional groups attached to an aromatic ring is 2. The molecule has 0 heterocycles. The highest BCUT2D eigenvalue weighted by molar-refractivity contribution is 6.10. The lowest BCUT2D eigenvalue weighted by atomic mass is 9.72. The molecule has 2 aliphatic carbocycles. The van der Waals surface area contributed by atoms with Crippen LogP contribution < -0.4 is 20.9 Å². The number of rotatable bonds is 4. The van der Waals surface area contributed by atoms with Crippen molar-refractivity contribution in [3.8, 4) is 11.5 Å². The van der Waals surface area contributed by atoms with E-state index in [0.717, 1.165) is 16.7 Å². The van der Waals surface area contributed by atoms with E-state index in [0.29, 0.717) is 29.3 Å². The topological polar surface area (TPSA) is 70.5 Å². The lowest BCUT2D eigenvalue weighted by molar-refractivity contribution is -0.0591. The number of ether oxygens (including phenoxy) is 2. The number of hydrogen-bond donors (Lipinski definition) is 2. The van der Waals surface area contributed by atoms with E-state index in [2.05, 4.69) is 24.3 Å². The molecule has 0 atom stereocenters. The van der Waals surface area contributed by atoms with Crippen LogP contribution in [0.2, 0.25) is 0 Å². The lowest BCUT2D eigenvalue weighted by Crippen LogP contribution is -2.46. The van der Waals surface area contributed by atoms with E-state index < -0.39 is 5.79 Å². The quantitative estimate of drug-likeness (QED) is 0.508. The number of benzene rings is 3. The number of fused-ring (bicyclic) bond motifs is 3. The summed E-state index contributed by atoms with van der Waals surface area (Å²) in [6.07, 6.45) is 4.84. The monoisotopic (exact) mass is 368 g/mol. The summed E-state index contributed by atoms with van der Waals surface area (Å²) in [5.74, 6) is 0.456. The minimum Gasteiger partial charge on any atom is -0.448 e. The van der Waals surface area contributed by atoms with E-state index in [4.69, 9.17) is 20.9 Å². The second-order valence-electron chi connectivity index (χ2n) is 7.04. The molecule has 28 heavy (non-hydrogen) atoms. The average molecular weight is 368 g/mol. The normalized spacial score (nSPS) is 16.0. The van der Waals surface area contributed by atoms with Gasteiger partial charge < -0.3 is 20.9 Å². The summed E-state index contributed by atoms with van der Waals surface area (Å²) in [6.45, 7) is 0. The van der Waals surface area contributed by atoms with E-state index in [1.807, 2.05) is 60.7 Å². The van der Waals surface area contributed by atoms with E-state index in [1.165, 1.54) is 5.56 Å². The maximum atomic E-state index is 6.50. The number of nitrogens with two attached hydrogens (primary N) is 2. The molecule has 2 aliphatic rings. The third-order valence-corrected chi connectivity index (χ3v) is 5.13. The fourth-order valence-electron chi connectivity index (χ4n) is 3.83. The predicted molar refractivity (Wildman–Crippen MR) is 113 cm³/mol. The van der Waals surface area contributed by atoms with Crippen molar-refractivity contribution in [2.45, 2.75) is 12.2 Å². The summed E-state index contributed by atoms with van der Waals surface area (Å²) in [7, 11) is 0. The molecule has 4 nitrogen and oxygen atoms in total. The molecule has 0 aromatic heterocycles. The van der Waals surface area contributed by atoms with Crippen molar-refractivity contribution in [3.63, 3.8) is 0 Å². The Bertz CT molecular complexity index is 1050. The zero-order valence-corrected chi connectivity index (χ0v) is 15.3. The SMILES string of the molecule is Nc1ccc(OC2(Oc3ccc(N)cc3)CC=CC3=C2c2ccccc23)cc1. The first-order chi connectivity index (χ1) is 13.6. The summed E-state index contributed by atoms with van der Waals surface area (Å²) >= 11 is 0. The molecule has 4 heteroatoms. The molecule has 3 aromatic rings. The minimum atomic E-state index is -0.954. The van der Waals surface area contributed by atoms with Gasteiger partial charge in [-0.05, 0) is 65.2 Å². The average Bonchev–Trinajstić information content (AvgIpc) is 2.69. The second-order valence-corrected chi connectivity index (χ2v) is 7.04. The summed E-state index contributed by atoms with van der Waals surface area (Å²) in [5, 5.41) is 0. The Morgan fingerprint density at radius 1 is 0.679 bits per heavy atom. The van der Waals surface area contributed by atoms with Crippen molar-refractivity contribution in [1.29, 1.82) is 0 Å². The van der Waals surface area contributed by atoms with Gasteiger partial charge in [-0.3, -0.25) is 0 Å². The highest BCUT2D eigenvalue weighted by Crippen LogP contribution is 2.52. The van der Waals surface area contributed by atoms with Crippen LogP contribution in [0.5, 0.6) is 11.5 Å². The van der Waals surface area contributed by atoms with E-state index >= 15 is 0 Å². The molecule has 0 amide bonds. The summed E-state index contributed by atoms with van der Waals surface area (Å²) < 4.78 is 13.0. The van der Waals surface area contributed by atoms with Gasteiger partial charge in [0.15, 0.2) is 0 Å². The Hall–Kier alpha value is -3.66. The molecule has 138 valence electrons. The maximum Gasteiger partial charge on any atom is 0.282 e. The summed E-state index contributed by atoms with van der Waals surface area (Å²) in [6, 6.07) is 23.1. The first kappa shape index (κ1) is 16.5. The molecule has 5 rings (SSSR count). The molecule has 4 N–H and O–H groups in total. The van der Waals surface area contributed by atoms with Crippen LogP contribution >= 0.6 is 0 Å². The van der Waals surface area contributed by atoms with Crippen LogP contribution in [-0.2, 0) is 0 Å². The zero-order valence-electron chi connectivity index (χ0n) is 15.3. The standard InChI is InChI=1S/C24H20N2O2/c25-16-7-11-18(12-8-16)27-24(28-19-13-9-17(26)10-14-19)15-3-6-22-20-4-1-2-5-21(20)23(22)24/h1-14H,15,25-26H2. The highest BCUT2D eigenvalue weighted by Gasteiger charge is 2.47. The van der Waals surface area contributed by atoms with Crippen molar-refractivity contribution >= 4 is 22.5 Å². The third-order valence-electron chi connectivity index (χ3n) is 5.13. The Kier molecular flexibility index (Phi) is 3.66. The maximum absolute atomic E-state index is 6.50. The van der Waals surface area contributed by atoms with Crippen LogP contribution in [0.25, 0.3) is 11.1 Å². The molecule has 0 unspecified atom stereocenters. The molecule has 0 aliphatic heterocycles. The third kappa shape index (κ3) is 2.62. The van der Waals surface area contributed by atoms with Gasteiger partial charge in [-0.2, -0.15) is 0 Å². The molecule has 0 spiro atoms. The van der Waals surface area contributed by atoms with Crippen molar-refractivity contribution < 1.29 is 9.47 Å². The number of allylic oxidation sites excluding steroid dienone is 2. The first-order valence-corrected chi connectivity index (χ1v) is 9.25. The predicted octanol–water partition coefficient (Wildman–Crippen LogP) is 4.89. The highest BCUT2D eigenvalue weighted by atomic mass is 16.7. The van der Waals surface area contributed by atoms with Gasteiger partial charge in [0.25, 0.3) is 5.79 Å². The molecule has 0 saturated heterocycles. The van der Waals surface area contributed by atoms with Gasteiger partial charge in [0, 0.05) is 17.8 Å². The van der Waals surface area contributed by atoms with Crippen molar-refractivity contribution in [1.82, 2.24) is 0 Å². The minimum absolute atomic E-state index is 0.592. The Balaban J connectivity index is 1.60. The van der Waals surface area contributed by atoms with Crippen LogP contribution in [0, 0.1) is 0 Å². The van der Waals surface area contributed by atoms with Gasteiger partial charge in [-0.1, -0.05) is 36.4 Å². The number of hydrogen-bond acceptors (Lipinski definition) is 4. The van der Waals surface area contributed by atoms with Crippen molar-refractivity contribution in [2.24, 2.45) is 0 Å². The van der Waals surface area contributed by atoms with Crippen LogP contribution in [0.15, 0.2) is 84.9 Å². The second kappa shape index (κ2) is 6.20. The molecular weight excluding hydrogens is 348 g/mol. The van der Waals surface area contributed by atoms with Gasteiger partial charge in [-0.25, -0.2) is 0 Å². The van der Waals surface area contributed by atoms with Gasteiger partial charge in [-0.15, -0.1) is 0 Å². The lowest BCUT2D eigenvalue weighted by Gasteiger charge is -2.43. The molecule has 3 aromatic carbocycles. The molecule has 0 saturated carbocycles. The van der Waals surface area contributed by atoms with Gasteiger partial charge in [0.2, 0.25) is 0 Å². The number of anilines is 2. The van der Waals surface area contributed by atoms with Crippen LogP contribution in [0.1, 0.15) is 17.5 Å². The van der Waals surface area contributed by atoms with Crippen LogP contribution in [0.4, 0.5) is 11.4 Å². The van der Waals surface area contributed by atoms with Gasteiger partial charge >= 0.3 is 0 Å². The van der Waals surface area contributed by atoms with Crippen LogP contribution in [0.3, 0.4) is 0 Å². The first-order valence-electron chi connectivity index (χ1n) is 9.25. The van der Waals surface area contributed by atoms with Crippen molar-refractivity contribution in [3.05, 3.63) is 96.1 Å². The molecular formula is C24H20N2O2. The molecule has 0 bridgehead atoms. The smallest absolute Gasteiger partial charge is 0.282 e. The van der Waals surface area contributed by atoms with E-state index in [9.17, 15) is 0 Å². The molecule has 0 radical (unpaired) electrons. The van der Waals surface area contributed by atoms with Gasteiger partial charge in [0.05, 0.1) is 5.57 Å². The fourth-order valence-corrected chi connectivity index (χ4v) is 3.83. The largest absolute Gasteiger partial charge is 0.448 e. The molecule has 0 fully saturated rings. The summed E-state index contributed by atoms with van der Waals surface area (Å²) in [4.78, 5) is 0. The van der Waals surface area contributed by atoms with Crippen LogP contribution in [-0.4, -0.2) is 5.79 Å². The zero-order chi connectivity index (χ0) is 19.1. The van der Waals surface area contributed by atoms with Gasteiger partial charge in [0.1, 0.15) is 11.5 Å². The van der Waals surface area contributed by atoms with E-state index in [-0.39, 0.29) is 0 Å². The Morgan fingerprint density at radius 3 is 1.79 bits per heavy atom. The fraction of sp³-hybridized carbons (Fsp3) is 0.0833. The van der Waals surface area contributed by atoms with Crippen molar-refractivity contribution in [2.75, 3.05) is 11.5 Å². The Labute approximate surface area is 163 Å². The summed E-state index contributed by atoms with van der Waals surface area (Å²) in [5.41, 5.74) is 17.7. The Morgan fingerprint density at radius 2 is 1.21 bits per heavy atom.